The van der Waals surface area contributed by atoms with E-state index < -0.39 is 5.97 Å². The van der Waals surface area contributed by atoms with Gasteiger partial charge in [0, 0.05) is 5.69 Å². The van der Waals surface area contributed by atoms with Crippen LogP contribution in [0.15, 0.2) is 42.5 Å². The summed E-state index contributed by atoms with van der Waals surface area (Å²) in [6, 6.07) is 10.6. The van der Waals surface area contributed by atoms with E-state index in [0.29, 0.717) is 17.0 Å². The summed E-state index contributed by atoms with van der Waals surface area (Å²) in [6.07, 6.45) is 0. The van der Waals surface area contributed by atoms with Crippen molar-refractivity contribution in [3.05, 3.63) is 59.4 Å². The van der Waals surface area contributed by atoms with E-state index in [2.05, 4.69) is 0 Å². The van der Waals surface area contributed by atoms with Crippen molar-refractivity contribution in [2.45, 2.75) is 6.61 Å². The molecule has 0 amide bonds. The SMILES string of the molecule is COc1ccc(N)cc1C(=O)OCc1cccc(F)c1. The first kappa shape index (κ1) is 13.9. The van der Waals surface area contributed by atoms with Crippen molar-refractivity contribution >= 4 is 11.7 Å². The smallest absolute Gasteiger partial charge is 0.342 e. The fraction of sp³-hybridized carbons (Fsp3) is 0.133. The minimum Gasteiger partial charge on any atom is -0.496 e. The second-order valence-electron chi connectivity index (χ2n) is 4.17. The van der Waals surface area contributed by atoms with E-state index in [4.69, 9.17) is 15.2 Å². The summed E-state index contributed by atoms with van der Waals surface area (Å²) in [5, 5.41) is 0. The molecular formula is C15H14FNO3. The molecule has 0 unspecified atom stereocenters. The van der Waals surface area contributed by atoms with Gasteiger partial charge in [0.2, 0.25) is 0 Å². The maximum Gasteiger partial charge on any atom is 0.342 e. The predicted molar refractivity (Wildman–Crippen MR) is 72.9 cm³/mol. The molecule has 0 bridgehead atoms. The fourth-order valence-corrected chi connectivity index (χ4v) is 1.74. The van der Waals surface area contributed by atoms with Crippen LogP contribution in [0.3, 0.4) is 0 Å². The molecule has 0 aromatic heterocycles. The summed E-state index contributed by atoms with van der Waals surface area (Å²) in [5.74, 6) is -0.568. The molecule has 0 spiro atoms. The number of carbonyl (C=O) groups excluding carboxylic acids is 1. The van der Waals surface area contributed by atoms with Gasteiger partial charge in [0.25, 0.3) is 0 Å². The topological polar surface area (TPSA) is 61.5 Å². The highest BCUT2D eigenvalue weighted by molar-refractivity contribution is 5.93. The number of halogens is 1. The van der Waals surface area contributed by atoms with Crippen LogP contribution in [0.1, 0.15) is 15.9 Å². The monoisotopic (exact) mass is 275 g/mol. The van der Waals surface area contributed by atoms with Crippen LogP contribution in [-0.2, 0) is 11.3 Å². The Bertz CT molecular complexity index is 628. The zero-order chi connectivity index (χ0) is 14.5. The van der Waals surface area contributed by atoms with Crippen molar-refractivity contribution in [1.82, 2.24) is 0 Å². The maximum absolute atomic E-state index is 13.0. The number of rotatable bonds is 4. The molecule has 5 heteroatoms. The van der Waals surface area contributed by atoms with E-state index in [1.807, 2.05) is 0 Å². The van der Waals surface area contributed by atoms with Crippen molar-refractivity contribution in [3.8, 4) is 5.75 Å². The molecule has 0 aliphatic rings. The Labute approximate surface area is 115 Å². The van der Waals surface area contributed by atoms with Crippen LogP contribution in [0.4, 0.5) is 10.1 Å². The molecule has 2 N–H and O–H groups in total. The van der Waals surface area contributed by atoms with E-state index in [1.165, 1.54) is 25.3 Å². The molecule has 0 aliphatic carbocycles. The minimum atomic E-state index is -0.571. The van der Waals surface area contributed by atoms with E-state index >= 15 is 0 Å². The summed E-state index contributed by atoms with van der Waals surface area (Å²) in [5.41, 5.74) is 6.88. The van der Waals surface area contributed by atoms with Crippen molar-refractivity contribution in [2.75, 3.05) is 12.8 Å². The van der Waals surface area contributed by atoms with Crippen LogP contribution in [0, 0.1) is 5.82 Å². The number of hydrogen-bond donors (Lipinski definition) is 1. The van der Waals surface area contributed by atoms with Gasteiger partial charge in [-0.25, -0.2) is 9.18 Å². The van der Waals surface area contributed by atoms with E-state index in [-0.39, 0.29) is 18.0 Å². The Hall–Kier alpha value is -2.56. The largest absolute Gasteiger partial charge is 0.496 e. The van der Waals surface area contributed by atoms with Gasteiger partial charge in [0.05, 0.1) is 7.11 Å². The summed E-state index contributed by atoms with van der Waals surface area (Å²) < 4.78 is 23.2. The molecule has 104 valence electrons. The summed E-state index contributed by atoms with van der Waals surface area (Å²) >= 11 is 0. The molecule has 20 heavy (non-hydrogen) atoms. The Morgan fingerprint density at radius 3 is 2.75 bits per heavy atom. The summed E-state index contributed by atoms with van der Waals surface area (Å²) in [6.45, 7) is -0.0193. The number of ether oxygens (including phenoxy) is 2. The van der Waals surface area contributed by atoms with Crippen molar-refractivity contribution in [2.24, 2.45) is 0 Å². The Kier molecular flexibility index (Phi) is 4.20. The van der Waals surface area contributed by atoms with Gasteiger partial charge in [-0.05, 0) is 35.9 Å². The molecule has 0 radical (unpaired) electrons. The number of methoxy groups -OCH3 is 1. The molecule has 2 aromatic rings. The highest BCUT2D eigenvalue weighted by Crippen LogP contribution is 2.22. The van der Waals surface area contributed by atoms with Gasteiger partial charge in [-0.2, -0.15) is 0 Å². The van der Waals surface area contributed by atoms with Crippen molar-refractivity contribution < 1.29 is 18.7 Å². The highest BCUT2D eigenvalue weighted by Gasteiger charge is 2.14. The second-order valence-corrected chi connectivity index (χ2v) is 4.17. The first-order valence-corrected chi connectivity index (χ1v) is 5.95. The zero-order valence-electron chi connectivity index (χ0n) is 10.9. The molecule has 0 saturated carbocycles. The lowest BCUT2D eigenvalue weighted by Gasteiger charge is -2.09. The normalized spacial score (nSPS) is 10.1. The van der Waals surface area contributed by atoms with Gasteiger partial charge in [-0.3, -0.25) is 0 Å². The molecule has 0 atom stereocenters. The first-order chi connectivity index (χ1) is 9.60. The number of anilines is 1. The predicted octanol–water partition coefficient (Wildman–Crippen LogP) is 2.77. The van der Waals surface area contributed by atoms with Crippen LogP contribution in [0.5, 0.6) is 5.75 Å². The van der Waals surface area contributed by atoms with Crippen molar-refractivity contribution in [1.29, 1.82) is 0 Å². The number of nitrogen functional groups attached to an aromatic ring is 1. The third-order valence-electron chi connectivity index (χ3n) is 2.70. The third-order valence-corrected chi connectivity index (χ3v) is 2.70. The Morgan fingerprint density at radius 1 is 1.25 bits per heavy atom. The second kappa shape index (κ2) is 6.06. The first-order valence-electron chi connectivity index (χ1n) is 5.95. The van der Waals surface area contributed by atoms with E-state index in [1.54, 1.807) is 24.3 Å². The summed E-state index contributed by atoms with van der Waals surface area (Å²) in [4.78, 5) is 12.0. The summed E-state index contributed by atoms with van der Waals surface area (Å²) in [7, 11) is 1.45. The standard InChI is InChI=1S/C15H14FNO3/c1-19-14-6-5-12(17)8-13(14)15(18)20-9-10-3-2-4-11(16)7-10/h2-8H,9,17H2,1H3. The average Bonchev–Trinajstić information content (AvgIpc) is 2.45. The zero-order valence-corrected chi connectivity index (χ0v) is 10.9. The number of hydrogen-bond acceptors (Lipinski definition) is 4. The molecule has 2 rings (SSSR count). The van der Waals surface area contributed by atoms with Crippen molar-refractivity contribution in [3.63, 3.8) is 0 Å². The molecular weight excluding hydrogens is 261 g/mol. The minimum absolute atomic E-state index is 0.0193. The number of esters is 1. The lowest BCUT2D eigenvalue weighted by atomic mass is 10.2. The van der Waals surface area contributed by atoms with Gasteiger partial charge in [0.15, 0.2) is 0 Å². The molecule has 0 fully saturated rings. The lowest BCUT2D eigenvalue weighted by molar-refractivity contribution is 0.0468. The van der Waals surface area contributed by atoms with Crippen LogP contribution in [0.2, 0.25) is 0 Å². The van der Waals surface area contributed by atoms with Crippen LogP contribution in [0.25, 0.3) is 0 Å². The third kappa shape index (κ3) is 3.26. The molecule has 0 saturated heterocycles. The fourth-order valence-electron chi connectivity index (χ4n) is 1.74. The lowest BCUT2D eigenvalue weighted by Crippen LogP contribution is -2.08. The Morgan fingerprint density at radius 2 is 2.05 bits per heavy atom. The van der Waals surface area contributed by atoms with Gasteiger partial charge in [-0.15, -0.1) is 0 Å². The number of benzene rings is 2. The average molecular weight is 275 g/mol. The number of carbonyl (C=O) groups is 1. The van der Waals surface area contributed by atoms with Gasteiger partial charge >= 0.3 is 5.97 Å². The van der Waals surface area contributed by atoms with Crippen LogP contribution in [-0.4, -0.2) is 13.1 Å². The molecule has 4 nitrogen and oxygen atoms in total. The molecule has 2 aromatic carbocycles. The molecule has 0 heterocycles. The van der Waals surface area contributed by atoms with Gasteiger partial charge in [-0.1, -0.05) is 12.1 Å². The van der Waals surface area contributed by atoms with E-state index in [9.17, 15) is 9.18 Å². The number of nitrogens with two attached hydrogens (primary N) is 1. The van der Waals surface area contributed by atoms with Crippen LogP contribution < -0.4 is 10.5 Å². The van der Waals surface area contributed by atoms with Gasteiger partial charge < -0.3 is 15.2 Å². The highest BCUT2D eigenvalue weighted by atomic mass is 19.1. The van der Waals surface area contributed by atoms with Gasteiger partial charge in [0.1, 0.15) is 23.7 Å². The molecule has 0 aliphatic heterocycles. The maximum atomic E-state index is 13.0. The quantitative estimate of drug-likeness (QED) is 0.688. The van der Waals surface area contributed by atoms with Crippen LogP contribution >= 0.6 is 0 Å². The Balaban J connectivity index is 2.10. The van der Waals surface area contributed by atoms with E-state index in [0.717, 1.165) is 0 Å².